The molecule has 0 saturated carbocycles. The summed E-state index contributed by atoms with van der Waals surface area (Å²) in [4.78, 5) is 26.3. The van der Waals surface area contributed by atoms with Crippen molar-refractivity contribution < 1.29 is 9.59 Å². The van der Waals surface area contributed by atoms with Gasteiger partial charge in [-0.05, 0) is 32.4 Å². The van der Waals surface area contributed by atoms with E-state index in [0.29, 0.717) is 13.0 Å². The standard InChI is InChI=1S/C17H19NO2/c1-16(2,3)18-11-17(10-15(18)20)9-8-14(19)12-6-4-5-7-13(12)17/h4-9H,10-11H2,1-3H3. The van der Waals surface area contributed by atoms with Gasteiger partial charge in [0, 0.05) is 29.5 Å². The van der Waals surface area contributed by atoms with Gasteiger partial charge in [-0.15, -0.1) is 0 Å². The number of carbonyl (C=O) groups excluding carboxylic acids is 2. The molecule has 1 unspecified atom stereocenters. The van der Waals surface area contributed by atoms with Crippen molar-refractivity contribution in [1.82, 2.24) is 4.90 Å². The molecule has 1 saturated heterocycles. The van der Waals surface area contributed by atoms with Crippen LogP contribution in [-0.2, 0) is 10.2 Å². The Balaban J connectivity index is 2.09. The molecule has 0 bridgehead atoms. The topological polar surface area (TPSA) is 37.4 Å². The number of hydrogen-bond donors (Lipinski definition) is 0. The molecule has 3 heteroatoms. The summed E-state index contributed by atoms with van der Waals surface area (Å²) in [5, 5.41) is 0. The van der Waals surface area contributed by atoms with Crippen LogP contribution in [0.2, 0.25) is 0 Å². The Bertz CT molecular complexity index is 624. The van der Waals surface area contributed by atoms with Crippen molar-refractivity contribution in [1.29, 1.82) is 0 Å². The van der Waals surface area contributed by atoms with Crippen LogP contribution in [0.3, 0.4) is 0 Å². The summed E-state index contributed by atoms with van der Waals surface area (Å²) in [6.45, 7) is 6.80. The van der Waals surface area contributed by atoms with E-state index in [9.17, 15) is 9.59 Å². The second-order valence-corrected chi connectivity index (χ2v) is 6.73. The molecule has 1 fully saturated rings. The summed E-state index contributed by atoms with van der Waals surface area (Å²) in [5.41, 5.74) is 1.20. The van der Waals surface area contributed by atoms with Crippen LogP contribution < -0.4 is 0 Å². The molecule has 0 N–H and O–H groups in total. The van der Waals surface area contributed by atoms with E-state index in [1.807, 2.05) is 56.0 Å². The van der Waals surface area contributed by atoms with Crippen LogP contribution in [0.5, 0.6) is 0 Å². The van der Waals surface area contributed by atoms with Crippen LogP contribution in [0.4, 0.5) is 0 Å². The third-order valence-corrected chi connectivity index (χ3v) is 4.30. The molecule has 0 aromatic heterocycles. The highest BCUT2D eigenvalue weighted by Gasteiger charge is 2.48. The molecule has 3 rings (SSSR count). The Labute approximate surface area is 119 Å². The van der Waals surface area contributed by atoms with Gasteiger partial charge in [-0.3, -0.25) is 9.59 Å². The van der Waals surface area contributed by atoms with Crippen molar-refractivity contribution in [3.05, 3.63) is 47.5 Å². The number of rotatable bonds is 0. The molecule has 1 aromatic carbocycles. The summed E-state index contributed by atoms with van der Waals surface area (Å²) in [5.74, 6) is 0.194. The third kappa shape index (κ3) is 1.80. The zero-order valence-corrected chi connectivity index (χ0v) is 12.1. The second kappa shape index (κ2) is 4.05. The third-order valence-electron chi connectivity index (χ3n) is 4.30. The first kappa shape index (κ1) is 13.1. The van der Waals surface area contributed by atoms with Crippen LogP contribution >= 0.6 is 0 Å². The fraction of sp³-hybridized carbons (Fsp3) is 0.412. The molecule has 2 aliphatic rings. The minimum Gasteiger partial charge on any atom is -0.337 e. The average molecular weight is 269 g/mol. The lowest BCUT2D eigenvalue weighted by molar-refractivity contribution is -0.131. The number of likely N-dealkylation sites (tertiary alicyclic amines) is 1. The van der Waals surface area contributed by atoms with Gasteiger partial charge in [0.25, 0.3) is 0 Å². The molecular formula is C17H19NO2. The van der Waals surface area contributed by atoms with Gasteiger partial charge in [0.05, 0.1) is 0 Å². The molecule has 1 heterocycles. The summed E-state index contributed by atoms with van der Waals surface area (Å²) in [7, 11) is 0. The summed E-state index contributed by atoms with van der Waals surface area (Å²) in [6, 6.07) is 7.66. The fourth-order valence-corrected chi connectivity index (χ4v) is 3.24. The van der Waals surface area contributed by atoms with Gasteiger partial charge >= 0.3 is 0 Å². The van der Waals surface area contributed by atoms with Crippen molar-refractivity contribution in [3.63, 3.8) is 0 Å². The molecule has 1 atom stereocenters. The Morgan fingerprint density at radius 2 is 1.85 bits per heavy atom. The molecule has 1 aliphatic heterocycles. The van der Waals surface area contributed by atoms with E-state index in [1.165, 1.54) is 0 Å². The largest absolute Gasteiger partial charge is 0.337 e. The van der Waals surface area contributed by atoms with E-state index in [1.54, 1.807) is 6.08 Å². The van der Waals surface area contributed by atoms with Crippen molar-refractivity contribution in [3.8, 4) is 0 Å². The maximum Gasteiger partial charge on any atom is 0.224 e. The molecule has 0 radical (unpaired) electrons. The van der Waals surface area contributed by atoms with Gasteiger partial charge in [0.1, 0.15) is 0 Å². The summed E-state index contributed by atoms with van der Waals surface area (Å²) < 4.78 is 0. The van der Waals surface area contributed by atoms with E-state index in [0.717, 1.165) is 11.1 Å². The molecule has 1 aliphatic carbocycles. The Kier molecular flexibility index (Phi) is 2.65. The number of allylic oxidation sites excluding steroid dienone is 1. The lowest BCUT2D eigenvalue weighted by Gasteiger charge is -2.35. The first-order valence-electron chi connectivity index (χ1n) is 6.97. The van der Waals surface area contributed by atoms with Crippen LogP contribution in [0, 0.1) is 0 Å². The van der Waals surface area contributed by atoms with Crippen molar-refractivity contribution in [2.24, 2.45) is 0 Å². The monoisotopic (exact) mass is 269 g/mol. The van der Waals surface area contributed by atoms with E-state index in [-0.39, 0.29) is 22.6 Å². The number of benzene rings is 1. The summed E-state index contributed by atoms with van der Waals surface area (Å²) >= 11 is 0. The van der Waals surface area contributed by atoms with Gasteiger partial charge in [-0.2, -0.15) is 0 Å². The SMILES string of the molecule is CC(C)(C)N1CC2(C=CC(=O)c3ccccc32)CC1=O. The maximum atomic E-state index is 12.4. The molecule has 20 heavy (non-hydrogen) atoms. The molecule has 1 amide bonds. The van der Waals surface area contributed by atoms with E-state index < -0.39 is 0 Å². The maximum absolute atomic E-state index is 12.4. The van der Waals surface area contributed by atoms with Gasteiger partial charge in [0.15, 0.2) is 5.78 Å². The quantitative estimate of drug-likeness (QED) is 0.726. The molecule has 104 valence electrons. The minimum absolute atomic E-state index is 0.0351. The van der Waals surface area contributed by atoms with Crippen molar-refractivity contribution in [2.45, 2.75) is 38.1 Å². The predicted molar refractivity (Wildman–Crippen MR) is 77.7 cm³/mol. The zero-order valence-electron chi connectivity index (χ0n) is 12.1. The van der Waals surface area contributed by atoms with Crippen LogP contribution in [0.15, 0.2) is 36.4 Å². The van der Waals surface area contributed by atoms with Crippen LogP contribution in [-0.4, -0.2) is 28.7 Å². The lowest BCUT2D eigenvalue weighted by Crippen LogP contribution is -2.44. The highest BCUT2D eigenvalue weighted by molar-refractivity contribution is 6.08. The zero-order chi connectivity index (χ0) is 14.5. The highest BCUT2D eigenvalue weighted by atomic mass is 16.2. The number of nitrogens with zero attached hydrogens (tertiary/aromatic N) is 1. The van der Waals surface area contributed by atoms with E-state index in [4.69, 9.17) is 0 Å². The van der Waals surface area contributed by atoms with Crippen LogP contribution in [0.1, 0.15) is 43.1 Å². The van der Waals surface area contributed by atoms with Crippen LogP contribution in [0.25, 0.3) is 0 Å². The Morgan fingerprint density at radius 1 is 1.15 bits per heavy atom. The van der Waals surface area contributed by atoms with Crippen molar-refractivity contribution in [2.75, 3.05) is 6.54 Å². The highest BCUT2D eigenvalue weighted by Crippen LogP contribution is 2.43. The van der Waals surface area contributed by atoms with Gasteiger partial charge in [-0.25, -0.2) is 0 Å². The fourth-order valence-electron chi connectivity index (χ4n) is 3.24. The lowest BCUT2D eigenvalue weighted by atomic mass is 9.73. The molecule has 1 spiro atoms. The molecule has 1 aromatic rings. The number of ketones is 1. The first-order valence-corrected chi connectivity index (χ1v) is 6.97. The minimum atomic E-state index is -0.338. The summed E-state index contributed by atoms with van der Waals surface area (Å²) in [6.07, 6.45) is 4.01. The van der Waals surface area contributed by atoms with Gasteiger partial charge in [0.2, 0.25) is 5.91 Å². The van der Waals surface area contributed by atoms with Gasteiger partial charge < -0.3 is 4.90 Å². The predicted octanol–water partition coefficient (Wildman–Crippen LogP) is 2.71. The molecular weight excluding hydrogens is 250 g/mol. The van der Waals surface area contributed by atoms with Crippen molar-refractivity contribution >= 4 is 11.7 Å². The Hall–Kier alpha value is -1.90. The number of carbonyl (C=O) groups is 2. The normalized spacial score (nSPS) is 25.4. The smallest absolute Gasteiger partial charge is 0.224 e. The Morgan fingerprint density at radius 3 is 2.50 bits per heavy atom. The van der Waals surface area contributed by atoms with E-state index >= 15 is 0 Å². The first-order chi connectivity index (χ1) is 9.33. The number of hydrogen-bond acceptors (Lipinski definition) is 2. The molecule has 3 nitrogen and oxygen atoms in total. The number of amides is 1. The van der Waals surface area contributed by atoms with Gasteiger partial charge in [-0.1, -0.05) is 30.3 Å². The number of fused-ring (bicyclic) bond motifs is 2. The van der Waals surface area contributed by atoms with E-state index in [2.05, 4.69) is 0 Å². The average Bonchev–Trinajstić information content (AvgIpc) is 2.73. The second-order valence-electron chi connectivity index (χ2n) is 6.73.